The molecule has 1 atom stereocenters. The molecule has 0 fully saturated rings. The summed E-state index contributed by atoms with van der Waals surface area (Å²) in [4.78, 5) is 12.5. The quantitative estimate of drug-likeness (QED) is 0.806. The highest BCUT2D eigenvalue weighted by molar-refractivity contribution is 5.95. The van der Waals surface area contributed by atoms with Crippen LogP contribution in [0.15, 0.2) is 18.2 Å². The molecular weight excluding hydrogens is 304 g/mol. The van der Waals surface area contributed by atoms with E-state index < -0.39 is 5.54 Å². The standard InChI is InChI=1S/C16H26N2O3.ClH/c1-11(2)9-16(3,10-17)18-15(19)12-6-13(20-4)8-14(7-12)21-5;/h6-8,11H,9-10,17H2,1-5H3,(H,18,19);1H. The van der Waals surface area contributed by atoms with E-state index in [4.69, 9.17) is 15.2 Å². The molecule has 0 aliphatic rings. The average Bonchev–Trinajstić information content (AvgIpc) is 2.45. The van der Waals surface area contributed by atoms with E-state index in [1.807, 2.05) is 6.92 Å². The Balaban J connectivity index is 0.00000441. The van der Waals surface area contributed by atoms with E-state index in [9.17, 15) is 4.79 Å². The van der Waals surface area contributed by atoms with E-state index in [0.29, 0.717) is 29.5 Å². The first kappa shape index (κ1) is 20.5. The van der Waals surface area contributed by atoms with Crippen LogP contribution in [0.5, 0.6) is 11.5 Å². The zero-order valence-electron chi connectivity index (χ0n) is 13.9. The van der Waals surface area contributed by atoms with Crippen LogP contribution in [0.3, 0.4) is 0 Å². The Kier molecular flexibility index (Phi) is 8.27. The second kappa shape index (κ2) is 8.86. The molecular formula is C16H27ClN2O3. The lowest BCUT2D eigenvalue weighted by Crippen LogP contribution is -2.52. The van der Waals surface area contributed by atoms with Gasteiger partial charge in [0.25, 0.3) is 5.91 Å². The van der Waals surface area contributed by atoms with Gasteiger partial charge in [-0.3, -0.25) is 4.79 Å². The fourth-order valence-corrected chi connectivity index (χ4v) is 2.37. The number of hydrogen-bond donors (Lipinski definition) is 2. The van der Waals surface area contributed by atoms with Gasteiger partial charge in [0.05, 0.1) is 14.2 Å². The van der Waals surface area contributed by atoms with E-state index in [2.05, 4.69) is 19.2 Å². The summed E-state index contributed by atoms with van der Waals surface area (Å²) in [6.07, 6.45) is 0.816. The molecule has 1 aromatic carbocycles. The fraction of sp³-hybridized carbons (Fsp3) is 0.562. The lowest BCUT2D eigenvalue weighted by Gasteiger charge is -2.31. The summed E-state index contributed by atoms with van der Waals surface area (Å²) in [5.74, 6) is 1.43. The number of nitrogens with two attached hydrogens (primary N) is 1. The number of benzene rings is 1. The van der Waals surface area contributed by atoms with Crippen molar-refractivity contribution in [2.45, 2.75) is 32.7 Å². The summed E-state index contributed by atoms with van der Waals surface area (Å²) in [5, 5.41) is 3.02. The minimum Gasteiger partial charge on any atom is -0.497 e. The first-order valence-electron chi connectivity index (χ1n) is 7.09. The minimum absolute atomic E-state index is 0. The number of ether oxygens (including phenoxy) is 2. The molecule has 0 aliphatic carbocycles. The van der Waals surface area contributed by atoms with Crippen LogP contribution in [-0.2, 0) is 0 Å². The van der Waals surface area contributed by atoms with Crippen molar-refractivity contribution < 1.29 is 14.3 Å². The zero-order chi connectivity index (χ0) is 16.0. The van der Waals surface area contributed by atoms with Gasteiger partial charge in [0.1, 0.15) is 11.5 Å². The second-order valence-electron chi connectivity index (χ2n) is 5.92. The molecule has 3 N–H and O–H groups in total. The molecule has 0 saturated carbocycles. The third-order valence-electron chi connectivity index (χ3n) is 3.34. The number of rotatable bonds is 7. The van der Waals surface area contributed by atoms with Gasteiger partial charge in [0.2, 0.25) is 0 Å². The van der Waals surface area contributed by atoms with Crippen LogP contribution in [0.1, 0.15) is 37.6 Å². The van der Waals surface area contributed by atoms with Crippen LogP contribution in [0.2, 0.25) is 0 Å². The van der Waals surface area contributed by atoms with Crippen LogP contribution >= 0.6 is 12.4 Å². The Morgan fingerprint density at radius 3 is 2.09 bits per heavy atom. The van der Waals surface area contributed by atoms with Crippen LogP contribution in [-0.4, -0.2) is 32.2 Å². The maximum absolute atomic E-state index is 12.5. The Morgan fingerprint density at radius 2 is 1.73 bits per heavy atom. The third-order valence-corrected chi connectivity index (χ3v) is 3.34. The lowest BCUT2D eigenvalue weighted by molar-refractivity contribution is 0.0897. The topological polar surface area (TPSA) is 73.6 Å². The number of nitrogens with one attached hydrogen (secondary N) is 1. The first-order valence-corrected chi connectivity index (χ1v) is 7.09. The van der Waals surface area contributed by atoms with Crippen LogP contribution in [0.25, 0.3) is 0 Å². The molecule has 1 rings (SSSR count). The van der Waals surface area contributed by atoms with Crippen molar-refractivity contribution in [1.29, 1.82) is 0 Å². The largest absolute Gasteiger partial charge is 0.497 e. The molecule has 0 radical (unpaired) electrons. The van der Waals surface area contributed by atoms with Crippen LogP contribution < -0.4 is 20.5 Å². The highest BCUT2D eigenvalue weighted by Gasteiger charge is 2.26. The summed E-state index contributed by atoms with van der Waals surface area (Å²) in [7, 11) is 3.11. The molecule has 0 aliphatic heterocycles. The van der Waals surface area contributed by atoms with Crippen molar-refractivity contribution in [1.82, 2.24) is 5.32 Å². The molecule has 0 saturated heterocycles. The Morgan fingerprint density at radius 1 is 1.23 bits per heavy atom. The summed E-state index contributed by atoms with van der Waals surface area (Å²) in [6, 6.07) is 5.10. The van der Waals surface area contributed by atoms with Gasteiger partial charge in [0.15, 0.2) is 0 Å². The molecule has 0 bridgehead atoms. The van der Waals surface area contributed by atoms with Gasteiger partial charge < -0.3 is 20.5 Å². The predicted molar refractivity (Wildman–Crippen MR) is 91.2 cm³/mol. The van der Waals surface area contributed by atoms with Crippen molar-refractivity contribution in [2.24, 2.45) is 11.7 Å². The summed E-state index contributed by atoms with van der Waals surface area (Å²) >= 11 is 0. The highest BCUT2D eigenvalue weighted by atomic mass is 35.5. The molecule has 22 heavy (non-hydrogen) atoms. The Bertz CT molecular complexity index is 472. The van der Waals surface area contributed by atoms with E-state index >= 15 is 0 Å². The molecule has 6 heteroatoms. The van der Waals surface area contributed by atoms with Gasteiger partial charge in [0, 0.05) is 23.7 Å². The number of carbonyl (C=O) groups is 1. The highest BCUT2D eigenvalue weighted by Crippen LogP contribution is 2.23. The Labute approximate surface area is 139 Å². The van der Waals surface area contributed by atoms with E-state index in [1.165, 1.54) is 0 Å². The van der Waals surface area contributed by atoms with Crippen molar-refractivity contribution in [2.75, 3.05) is 20.8 Å². The van der Waals surface area contributed by atoms with Gasteiger partial charge >= 0.3 is 0 Å². The molecule has 126 valence electrons. The van der Waals surface area contributed by atoms with E-state index in [-0.39, 0.29) is 18.3 Å². The second-order valence-corrected chi connectivity index (χ2v) is 5.92. The smallest absolute Gasteiger partial charge is 0.252 e. The maximum atomic E-state index is 12.5. The number of hydrogen-bond acceptors (Lipinski definition) is 4. The van der Waals surface area contributed by atoms with Crippen molar-refractivity contribution >= 4 is 18.3 Å². The van der Waals surface area contributed by atoms with Crippen molar-refractivity contribution in [3.8, 4) is 11.5 Å². The molecule has 1 unspecified atom stereocenters. The SMILES string of the molecule is COc1cc(OC)cc(C(=O)NC(C)(CN)CC(C)C)c1.Cl. The van der Waals surface area contributed by atoms with Gasteiger partial charge in [-0.05, 0) is 31.4 Å². The summed E-state index contributed by atoms with van der Waals surface area (Å²) in [6.45, 7) is 6.56. The monoisotopic (exact) mass is 330 g/mol. The van der Waals surface area contributed by atoms with Crippen LogP contribution in [0.4, 0.5) is 0 Å². The maximum Gasteiger partial charge on any atom is 0.252 e. The third kappa shape index (κ3) is 5.73. The molecule has 0 heterocycles. The molecule has 5 nitrogen and oxygen atoms in total. The van der Waals surface area contributed by atoms with Crippen molar-refractivity contribution in [3.05, 3.63) is 23.8 Å². The van der Waals surface area contributed by atoms with Crippen molar-refractivity contribution in [3.63, 3.8) is 0 Å². The summed E-state index contributed by atoms with van der Waals surface area (Å²) < 4.78 is 10.4. The summed E-state index contributed by atoms with van der Waals surface area (Å²) in [5.41, 5.74) is 5.90. The number of methoxy groups -OCH3 is 2. The average molecular weight is 331 g/mol. The molecule has 1 amide bonds. The van der Waals surface area contributed by atoms with Gasteiger partial charge in [-0.25, -0.2) is 0 Å². The van der Waals surface area contributed by atoms with Gasteiger partial charge in [-0.2, -0.15) is 0 Å². The molecule has 0 spiro atoms. The number of carbonyl (C=O) groups excluding carboxylic acids is 1. The van der Waals surface area contributed by atoms with E-state index in [0.717, 1.165) is 6.42 Å². The van der Waals surface area contributed by atoms with Gasteiger partial charge in [-0.1, -0.05) is 13.8 Å². The number of amides is 1. The molecule has 1 aromatic rings. The van der Waals surface area contributed by atoms with Gasteiger partial charge in [-0.15, -0.1) is 12.4 Å². The van der Waals surface area contributed by atoms with E-state index in [1.54, 1.807) is 32.4 Å². The number of halogens is 1. The Hall–Kier alpha value is -1.46. The minimum atomic E-state index is -0.429. The zero-order valence-corrected chi connectivity index (χ0v) is 14.8. The fourth-order valence-electron chi connectivity index (χ4n) is 2.37. The lowest BCUT2D eigenvalue weighted by atomic mass is 9.90. The predicted octanol–water partition coefficient (Wildman–Crippen LogP) is 2.62. The first-order chi connectivity index (χ1) is 9.83. The van der Waals surface area contributed by atoms with Crippen LogP contribution in [0, 0.1) is 5.92 Å². The molecule has 0 aromatic heterocycles. The normalized spacial score (nSPS) is 13.0.